The quantitative estimate of drug-likeness (QED) is 0.712. The third-order valence-corrected chi connectivity index (χ3v) is 5.05. The van der Waals surface area contributed by atoms with Crippen molar-refractivity contribution in [1.82, 2.24) is 4.90 Å². The van der Waals surface area contributed by atoms with Gasteiger partial charge in [-0.2, -0.15) is 0 Å². The van der Waals surface area contributed by atoms with Crippen molar-refractivity contribution in [2.45, 2.75) is 26.9 Å². The molecule has 3 amide bonds. The molecule has 0 atom stereocenters. The van der Waals surface area contributed by atoms with Crippen LogP contribution < -0.4 is 10.1 Å². The number of anilines is 1. The first-order valence-corrected chi connectivity index (χ1v) is 10.0. The second-order valence-electron chi connectivity index (χ2n) is 6.87. The lowest BCUT2D eigenvalue weighted by atomic mass is 10.2. The first-order valence-electron chi connectivity index (χ1n) is 9.21. The zero-order valence-electron chi connectivity index (χ0n) is 16.5. The summed E-state index contributed by atoms with van der Waals surface area (Å²) >= 11 is 0.830. The van der Waals surface area contributed by atoms with Gasteiger partial charge in [0.05, 0.1) is 11.0 Å². The van der Waals surface area contributed by atoms with E-state index in [0.29, 0.717) is 5.69 Å². The van der Waals surface area contributed by atoms with Crippen molar-refractivity contribution in [3.05, 3.63) is 64.6 Å². The number of aryl methyl sites for hydroxylation is 1. The number of nitrogens with one attached hydrogen (secondary N) is 1. The second-order valence-corrected chi connectivity index (χ2v) is 7.86. The number of imide groups is 1. The van der Waals surface area contributed by atoms with Crippen LogP contribution >= 0.6 is 11.8 Å². The van der Waals surface area contributed by atoms with Gasteiger partial charge in [0.1, 0.15) is 12.3 Å². The minimum absolute atomic E-state index is 0.0724. The monoisotopic (exact) mass is 410 g/mol. The fourth-order valence-electron chi connectivity index (χ4n) is 2.75. The lowest BCUT2D eigenvalue weighted by Crippen LogP contribution is -2.36. The van der Waals surface area contributed by atoms with Gasteiger partial charge >= 0.3 is 0 Å². The van der Waals surface area contributed by atoms with Crippen LogP contribution in [0.1, 0.15) is 25.0 Å². The van der Waals surface area contributed by atoms with Gasteiger partial charge in [-0.25, -0.2) is 0 Å². The fraction of sp³-hybridized carbons (Fsp3) is 0.227. The number of nitrogens with zero attached hydrogens (tertiary/aromatic N) is 1. The van der Waals surface area contributed by atoms with Gasteiger partial charge in [0.25, 0.3) is 11.1 Å². The number of ether oxygens (including phenoxy) is 1. The van der Waals surface area contributed by atoms with Gasteiger partial charge in [0, 0.05) is 5.69 Å². The number of carbonyl (C=O) groups excluding carboxylic acids is 3. The number of benzene rings is 2. The number of carbonyl (C=O) groups is 3. The van der Waals surface area contributed by atoms with Crippen molar-refractivity contribution in [2.24, 2.45) is 0 Å². The van der Waals surface area contributed by atoms with Gasteiger partial charge in [-0.05, 0) is 67.9 Å². The van der Waals surface area contributed by atoms with Crippen LogP contribution in [0.2, 0.25) is 0 Å². The molecule has 1 aliphatic rings. The molecule has 1 N–H and O–H groups in total. The second kappa shape index (κ2) is 8.96. The molecule has 2 aromatic rings. The summed E-state index contributed by atoms with van der Waals surface area (Å²) in [6.45, 7) is 5.44. The molecule has 1 aliphatic heterocycles. The Hall–Kier alpha value is -3.06. The van der Waals surface area contributed by atoms with E-state index in [1.54, 1.807) is 12.1 Å². The van der Waals surface area contributed by atoms with Crippen LogP contribution in [0.4, 0.5) is 10.5 Å². The Labute approximate surface area is 173 Å². The molecule has 0 unspecified atom stereocenters. The van der Waals surface area contributed by atoms with E-state index < -0.39 is 17.1 Å². The third-order valence-electron chi connectivity index (χ3n) is 4.14. The molecule has 0 bridgehead atoms. The van der Waals surface area contributed by atoms with E-state index in [2.05, 4.69) is 5.32 Å². The summed E-state index contributed by atoms with van der Waals surface area (Å²) in [6, 6.07) is 14.6. The van der Waals surface area contributed by atoms with E-state index in [4.69, 9.17) is 4.74 Å². The molecule has 1 heterocycles. The SMILES string of the molecule is Cc1ccccc1NC(=O)CN1C(=O)SC(=Cc2ccc(OC(C)C)cc2)C1=O. The molecule has 3 rings (SSSR count). The molecule has 29 heavy (non-hydrogen) atoms. The summed E-state index contributed by atoms with van der Waals surface area (Å²) in [4.78, 5) is 38.4. The van der Waals surface area contributed by atoms with Crippen molar-refractivity contribution in [3.63, 3.8) is 0 Å². The van der Waals surface area contributed by atoms with Crippen molar-refractivity contribution in [2.75, 3.05) is 11.9 Å². The standard InChI is InChI=1S/C22H22N2O4S/c1-14(2)28-17-10-8-16(9-11-17)12-19-21(26)24(22(27)29-19)13-20(25)23-18-7-5-4-6-15(18)3/h4-12,14H,13H2,1-3H3,(H,23,25). The van der Waals surface area contributed by atoms with Gasteiger partial charge < -0.3 is 10.1 Å². The number of rotatable bonds is 6. The molecule has 1 fully saturated rings. The molecule has 7 heteroatoms. The lowest BCUT2D eigenvalue weighted by molar-refractivity contribution is -0.127. The van der Waals surface area contributed by atoms with Gasteiger partial charge in [-0.1, -0.05) is 30.3 Å². The summed E-state index contributed by atoms with van der Waals surface area (Å²) in [5.74, 6) is -0.154. The van der Waals surface area contributed by atoms with E-state index in [-0.39, 0.29) is 17.6 Å². The Morgan fingerprint density at radius 2 is 1.83 bits per heavy atom. The Kier molecular flexibility index (Phi) is 6.39. The van der Waals surface area contributed by atoms with Crippen LogP contribution in [0.15, 0.2) is 53.4 Å². The highest BCUT2D eigenvalue weighted by molar-refractivity contribution is 8.18. The normalized spacial score (nSPS) is 15.3. The number of hydrogen-bond acceptors (Lipinski definition) is 5. The summed E-state index contributed by atoms with van der Waals surface area (Å²) in [7, 11) is 0. The van der Waals surface area contributed by atoms with Crippen molar-refractivity contribution >= 4 is 40.6 Å². The Balaban J connectivity index is 1.66. The first kappa shape index (κ1) is 20.7. The maximum absolute atomic E-state index is 12.6. The minimum Gasteiger partial charge on any atom is -0.491 e. The summed E-state index contributed by atoms with van der Waals surface area (Å²) in [5, 5.41) is 2.28. The number of amides is 3. The van der Waals surface area contributed by atoms with E-state index >= 15 is 0 Å². The van der Waals surface area contributed by atoms with Gasteiger partial charge in [-0.3, -0.25) is 19.3 Å². The van der Waals surface area contributed by atoms with Crippen molar-refractivity contribution < 1.29 is 19.1 Å². The Morgan fingerprint density at radius 3 is 2.48 bits per heavy atom. The highest BCUT2D eigenvalue weighted by Crippen LogP contribution is 2.32. The maximum Gasteiger partial charge on any atom is 0.294 e. The topological polar surface area (TPSA) is 75.7 Å². The molecule has 0 saturated carbocycles. The zero-order chi connectivity index (χ0) is 21.0. The van der Waals surface area contributed by atoms with Crippen LogP contribution in [0, 0.1) is 6.92 Å². The Bertz CT molecular complexity index is 967. The summed E-state index contributed by atoms with van der Waals surface area (Å²) in [6.07, 6.45) is 1.71. The predicted octanol–water partition coefficient (Wildman–Crippen LogP) is 4.46. The number of para-hydroxylation sites is 1. The molecule has 1 saturated heterocycles. The molecule has 0 spiro atoms. The lowest BCUT2D eigenvalue weighted by Gasteiger charge is -2.13. The average molecular weight is 410 g/mol. The predicted molar refractivity (Wildman–Crippen MR) is 115 cm³/mol. The molecule has 0 radical (unpaired) electrons. The molecular formula is C22H22N2O4S. The largest absolute Gasteiger partial charge is 0.491 e. The van der Waals surface area contributed by atoms with E-state index in [1.165, 1.54) is 0 Å². The molecular weight excluding hydrogens is 388 g/mol. The highest BCUT2D eigenvalue weighted by atomic mass is 32.2. The van der Waals surface area contributed by atoms with Crippen LogP contribution in [0.25, 0.3) is 6.08 Å². The van der Waals surface area contributed by atoms with Gasteiger partial charge in [0.2, 0.25) is 5.91 Å². The molecule has 150 valence electrons. The smallest absolute Gasteiger partial charge is 0.294 e. The molecule has 2 aromatic carbocycles. The van der Waals surface area contributed by atoms with Crippen LogP contribution in [-0.2, 0) is 9.59 Å². The van der Waals surface area contributed by atoms with Crippen molar-refractivity contribution in [3.8, 4) is 5.75 Å². The first-order chi connectivity index (χ1) is 13.8. The van der Waals surface area contributed by atoms with Crippen molar-refractivity contribution in [1.29, 1.82) is 0 Å². The zero-order valence-corrected chi connectivity index (χ0v) is 17.3. The van der Waals surface area contributed by atoms with Gasteiger partial charge in [-0.15, -0.1) is 0 Å². The number of hydrogen-bond donors (Lipinski definition) is 1. The Morgan fingerprint density at radius 1 is 1.14 bits per heavy atom. The van der Waals surface area contributed by atoms with Crippen LogP contribution in [-0.4, -0.2) is 34.6 Å². The maximum atomic E-state index is 12.6. The highest BCUT2D eigenvalue weighted by Gasteiger charge is 2.36. The fourth-order valence-corrected chi connectivity index (χ4v) is 3.59. The molecule has 0 aromatic heterocycles. The third kappa shape index (κ3) is 5.26. The van der Waals surface area contributed by atoms with Gasteiger partial charge in [0.15, 0.2) is 0 Å². The van der Waals surface area contributed by atoms with E-state index in [1.807, 2.05) is 63.2 Å². The molecule has 0 aliphatic carbocycles. The van der Waals surface area contributed by atoms with Crippen LogP contribution in [0.3, 0.4) is 0 Å². The summed E-state index contributed by atoms with van der Waals surface area (Å²) in [5.41, 5.74) is 2.33. The number of thioether (sulfide) groups is 1. The summed E-state index contributed by atoms with van der Waals surface area (Å²) < 4.78 is 5.60. The van der Waals surface area contributed by atoms with Crippen LogP contribution in [0.5, 0.6) is 5.75 Å². The van der Waals surface area contributed by atoms with E-state index in [0.717, 1.165) is 33.5 Å². The van der Waals surface area contributed by atoms with E-state index in [9.17, 15) is 14.4 Å². The molecule has 6 nitrogen and oxygen atoms in total. The average Bonchev–Trinajstić information content (AvgIpc) is 2.92. The minimum atomic E-state index is -0.470.